The van der Waals surface area contributed by atoms with Crippen molar-refractivity contribution in [2.24, 2.45) is 0 Å². The maximum Gasteiger partial charge on any atom is 0.407 e. The highest BCUT2D eigenvalue weighted by Gasteiger charge is 2.25. The summed E-state index contributed by atoms with van der Waals surface area (Å²) in [6, 6.07) is 12.0. The van der Waals surface area contributed by atoms with E-state index >= 15 is 0 Å². The maximum absolute atomic E-state index is 11.4. The molecule has 1 aliphatic heterocycles. The van der Waals surface area contributed by atoms with Gasteiger partial charge in [0.05, 0.1) is 19.8 Å². The third kappa shape index (κ3) is 2.10. The Morgan fingerprint density at radius 3 is 2.89 bits per heavy atom. The van der Waals surface area contributed by atoms with Gasteiger partial charge in [0, 0.05) is 12.0 Å². The number of ether oxygens (including phenoxy) is 2. The predicted molar refractivity (Wildman–Crippen MR) is 72.3 cm³/mol. The van der Waals surface area contributed by atoms with Crippen LogP contribution in [0.25, 0.3) is 10.8 Å². The second kappa shape index (κ2) is 4.80. The lowest BCUT2D eigenvalue weighted by Gasteiger charge is -2.26. The lowest BCUT2D eigenvalue weighted by Crippen LogP contribution is -2.35. The molecule has 1 saturated heterocycles. The van der Waals surface area contributed by atoms with Crippen LogP contribution in [0.1, 0.15) is 18.0 Å². The Kier molecular flexibility index (Phi) is 2.99. The molecule has 1 heterocycles. The number of nitrogens with one attached hydrogen (secondary N) is 1. The number of carbonyl (C=O) groups excluding carboxylic acids is 1. The molecule has 0 spiro atoms. The van der Waals surface area contributed by atoms with E-state index in [0.29, 0.717) is 6.61 Å². The lowest BCUT2D eigenvalue weighted by atomic mass is 9.95. The fraction of sp³-hybridized carbons (Fsp3) is 0.267. The summed E-state index contributed by atoms with van der Waals surface area (Å²) >= 11 is 0. The molecule has 4 heteroatoms. The van der Waals surface area contributed by atoms with Crippen molar-refractivity contribution in [3.63, 3.8) is 0 Å². The van der Waals surface area contributed by atoms with Crippen molar-refractivity contribution in [3.05, 3.63) is 42.0 Å². The quantitative estimate of drug-likeness (QED) is 0.899. The summed E-state index contributed by atoms with van der Waals surface area (Å²) in [7, 11) is 1.65. The molecule has 1 atom stereocenters. The maximum atomic E-state index is 11.4. The first kappa shape index (κ1) is 11.8. The van der Waals surface area contributed by atoms with Gasteiger partial charge < -0.3 is 14.8 Å². The summed E-state index contributed by atoms with van der Waals surface area (Å²) in [6.45, 7) is 0.433. The normalized spacial score (nSPS) is 18.8. The standard InChI is InChI=1S/C15H15NO3/c1-18-13-7-6-10-4-2-3-5-11(10)14(13)12-8-9-19-15(17)16-12/h2-7,12H,8-9H2,1H3,(H,16,17)/t12-/m0/s1. The van der Waals surface area contributed by atoms with Crippen molar-refractivity contribution >= 4 is 16.9 Å². The van der Waals surface area contributed by atoms with Crippen LogP contribution in [0.4, 0.5) is 4.79 Å². The molecule has 0 unspecified atom stereocenters. The Labute approximate surface area is 111 Å². The molecule has 0 radical (unpaired) electrons. The Morgan fingerprint density at radius 1 is 1.26 bits per heavy atom. The molecule has 1 amide bonds. The topological polar surface area (TPSA) is 47.6 Å². The minimum absolute atomic E-state index is 0.0673. The smallest absolute Gasteiger partial charge is 0.407 e. The van der Waals surface area contributed by atoms with Crippen LogP contribution in [0.3, 0.4) is 0 Å². The molecule has 0 aromatic heterocycles. The third-order valence-electron chi connectivity index (χ3n) is 3.43. The van der Waals surface area contributed by atoms with Gasteiger partial charge in [-0.15, -0.1) is 0 Å². The van der Waals surface area contributed by atoms with E-state index in [-0.39, 0.29) is 12.1 Å². The molecule has 3 rings (SSSR count). The molecular weight excluding hydrogens is 242 g/mol. The molecule has 2 aromatic rings. The Bertz CT molecular complexity index is 624. The second-order valence-electron chi connectivity index (χ2n) is 4.52. The molecule has 0 bridgehead atoms. The number of amides is 1. The first-order valence-corrected chi connectivity index (χ1v) is 6.28. The van der Waals surface area contributed by atoms with Crippen LogP contribution in [0.15, 0.2) is 36.4 Å². The molecular formula is C15H15NO3. The van der Waals surface area contributed by atoms with Gasteiger partial charge in [-0.1, -0.05) is 30.3 Å². The highest BCUT2D eigenvalue weighted by Crippen LogP contribution is 2.35. The molecule has 0 aliphatic carbocycles. The highest BCUT2D eigenvalue weighted by atomic mass is 16.6. The van der Waals surface area contributed by atoms with Crippen molar-refractivity contribution in [1.29, 1.82) is 0 Å². The summed E-state index contributed by atoms with van der Waals surface area (Å²) in [6.07, 6.45) is 0.377. The number of fused-ring (bicyclic) bond motifs is 1. The van der Waals surface area contributed by atoms with E-state index in [4.69, 9.17) is 9.47 Å². The third-order valence-corrected chi connectivity index (χ3v) is 3.43. The first-order valence-electron chi connectivity index (χ1n) is 6.28. The minimum atomic E-state index is -0.369. The molecule has 1 aliphatic rings. The number of alkyl carbamates (subject to hydrolysis) is 1. The minimum Gasteiger partial charge on any atom is -0.496 e. The van der Waals surface area contributed by atoms with Gasteiger partial charge in [0.15, 0.2) is 0 Å². The van der Waals surface area contributed by atoms with Crippen LogP contribution < -0.4 is 10.1 Å². The van der Waals surface area contributed by atoms with Gasteiger partial charge in [0.2, 0.25) is 0 Å². The summed E-state index contributed by atoms with van der Waals surface area (Å²) in [4.78, 5) is 11.4. The zero-order valence-electron chi connectivity index (χ0n) is 10.7. The van der Waals surface area contributed by atoms with E-state index < -0.39 is 0 Å². The molecule has 98 valence electrons. The zero-order valence-corrected chi connectivity index (χ0v) is 10.7. The van der Waals surface area contributed by atoms with Gasteiger partial charge in [-0.05, 0) is 16.8 Å². The second-order valence-corrected chi connectivity index (χ2v) is 4.52. The van der Waals surface area contributed by atoms with E-state index in [1.807, 2.05) is 24.3 Å². The number of rotatable bonds is 2. The first-order chi connectivity index (χ1) is 9.29. The molecule has 1 fully saturated rings. The van der Waals surface area contributed by atoms with Crippen molar-refractivity contribution < 1.29 is 14.3 Å². The Balaban J connectivity index is 2.16. The van der Waals surface area contributed by atoms with Crippen LogP contribution in [-0.4, -0.2) is 19.8 Å². The monoisotopic (exact) mass is 257 g/mol. The van der Waals surface area contributed by atoms with Crippen LogP contribution in [0, 0.1) is 0 Å². The van der Waals surface area contributed by atoms with Crippen LogP contribution in [-0.2, 0) is 4.74 Å². The highest BCUT2D eigenvalue weighted by molar-refractivity contribution is 5.88. The summed E-state index contributed by atoms with van der Waals surface area (Å²) in [5.41, 5.74) is 1.03. The van der Waals surface area contributed by atoms with Gasteiger partial charge in [0.25, 0.3) is 0 Å². The van der Waals surface area contributed by atoms with Crippen molar-refractivity contribution in [2.45, 2.75) is 12.5 Å². The molecule has 19 heavy (non-hydrogen) atoms. The fourth-order valence-corrected chi connectivity index (χ4v) is 2.56. The molecule has 2 aromatic carbocycles. The molecule has 4 nitrogen and oxygen atoms in total. The van der Waals surface area contributed by atoms with Gasteiger partial charge in [-0.2, -0.15) is 0 Å². The molecule has 1 N–H and O–H groups in total. The largest absolute Gasteiger partial charge is 0.496 e. The van der Waals surface area contributed by atoms with Gasteiger partial charge in [-0.25, -0.2) is 4.79 Å². The summed E-state index contributed by atoms with van der Waals surface area (Å²) in [5.74, 6) is 0.797. The Morgan fingerprint density at radius 2 is 2.11 bits per heavy atom. The van der Waals surface area contributed by atoms with Crippen molar-refractivity contribution in [2.75, 3.05) is 13.7 Å². The van der Waals surface area contributed by atoms with Gasteiger partial charge in [0.1, 0.15) is 5.75 Å². The summed E-state index contributed by atoms with van der Waals surface area (Å²) < 4.78 is 10.4. The Hall–Kier alpha value is -2.23. The van der Waals surface area contributed by atoms with E-state index in [9.17, 15) is 4.79 Å². The van der Waals surface area contributed by atoms with Crippen LogP contribution in [0.2, 0.25) is 0 Å². The number of methoxy groups -OCH3 is 1. The number of cyclic esters (lactones) is 1. The van der Waals surface area contributed by atoms with Gasteiger partial charge in [-0.3, -0.25) is 0 Å². The number of benzene rings is 2. The number of hydrogen-bond donors (Lipinski definition) is 1. The molecule has 0 saturated carbocycles. The van der Waals surface area contributed by atoms with E-state index in [2.05, 4.69) is 17.4 Å². The lowest BCUT2D eigenvalue weighted by molar-refractivity contribution is 0.115. The van der Waals surface area contributed by atoms with Crippen LogP contribution >= 0.6 is 0 Å². The van der Waals surface area contributed by atoms with E-state index in [1.54, 1.807) is 7.11 Å². The van der Waals surface area contributed by atoms with Crippen LogP contribution in [0.5, 0.6) is 5.75 Å². The van der Waals surface area contributed by atoms with Gasteiger partial charge >= 0.3 is 6.09 Å². The van der Waals surface area contributed by atoms with E-state index in [0.717, 1.165) is 28.5 Å². The predicted octanol–water partition coefficient (Wildman–Crippen LogP) is 3.02. The summed E-state index contributed by atoms with van der Waals surface area (Å²) in [5, 5.41) is 5.10. The average molecular weight is 257 g/mol. The van der Waals surface area contributed by atoms with Crippen molar-refractivity contribution in [3.8, 4) is 5.75 Å². The average Bonchev–Trinajstić information content (AvgIpc) is 2.46. The SMILES string of the molecule is COc1ccc2ccccc2c1[C@@H]1CCOC(=O)N1. The number of hydrogen-bond acceptors (Lipinski definition) is 3. The number of carbonyl (C=O) groups is 1. The fourth-order valence-electron chi connectivity index (χ4n) is 2.56. The van der Waals surface area contributed by atoms with E-state index in [1.165, 1.54) is 0 Å². The zero-order chi connectivity index (χ0) is 13.2. The van der Waals surface area contributed by atoms with Crippen molar-refractivity contribution in [1.82, 2.24) is 5.32 Å².